The SMILES string of the molecule is C=CC1CC(=O)N(c2cccnc2N2CCN(C(=O)OC(C)(C)C)CC2)C1. The van der Waals surface area contributed by atoms with Gasteiger partial charge in [0.05, 0.1) is 5.69 Å². The first-order valence-corrected chi connectivity index (χ1v) is 9.39. The Hall–Kier alpha value is -2.57. The van der Waals surface area contributed by atoms with Crippen LogP contribution in [0.1, 0.15) is 27.2 Å². The van der Waals surface area contributed by atoms with Crippen molar-refractivity contribution in [3.05, 3.63) is 31.0 Å². The Balaban J connectivity index is 1.70. The second-order valence-corrected chi connectivity index (χ2v) is 8.00. The number of amides is 2. The monoisotopic (exact) mass is 372 g/mol. The topological polar surface area (TPSA) is 66.0 Å². The van der Waals surface area contributed by atoms with Gasteiger partial charge in [-0.2, -0.15) is 0 Å². The molecule has 0 N–H and O–H groups in total. The van der Waals surface area contributed by atoms with Gasteiger partial charge in [0.2, 0.25) is 5.91 Å². The summed E-state index contributed by atoms with van der Waals surface area (Å²) in [5, 5.41) is 0. The van der Waals surface area contributed by atoms with Crippen LogP contribution >= 0.6 is 0 Å². The van der Waals surface area contributed by atoms with E-state index < -0.39 is 5.60 Å². The number of aromatic nitrogens is 1. The summed E-state index contributed by atoms with van der Waals surface area (Å²) >= 11 is 0. The first-order chi connectivity index (χ1) is 12.8. The summed E-state index contributed by atoms with van der Waals surface area (Å²) in [6.45, 7) is 12.5. The molecule has 3 heterocycles. The molecular weight excluding hydrogens is 344 g/mol. The average molecular weight is 372 g/mol. The zero-order valence-corrected chi connectivity index (χ0v) is 16.4. The summed E-state index contributed by atoms with van der Waals surface area (Å²) in [5.74, 6) is 1.07. The van der Waals surface area contributed by atoms with E-state index in [2.05, 4.69) is 16.5 Å². The molecule has 2 saturated heterocycles. The number of pyridine rings is 1. The molecule has 0 bridgehead atoms. The number of rotatable bonds is 3. The maximum absolute atomic E-state index is 12.4. The molecule has 7 heteroatoms. The summed E-state index contributed by atoms with van der Waals surface area (Å²) in [7, 11) is 0. The maximum atomic E-state index is 12.4. The third-order valence-corrected chi connectivity index (χ3v) is 4.78. The zero-order chi connectivity index (χ0) is 19.6. The molecule has 0 spiro atoms. The van der Waals surface area contributed by atoms with Gasteiger partial charge in [-0.3, -0.25) is 4.79 Å². The van der Waals surface area contributed by atoms with E-state index in [1.807, 2.05) is 39.0 Å². The minimum Gasteiger partial charge on any atom is -0.444 e. The van der Waals surface area contributed by atoms with Gasteiger partial charge in [-0.1, -0.05) is 6.08 Å². The quantitative estimate of drug-likeness (QED) is 0.763. The normalized spacial score (nSPS) is 20.8. The second-order valence-electron chi connectivity index (χ2n) is 8.00. The summed E-state index contributed by atoms with van der Waals surface area (Å²) < 4.78 is 5.45. The molecule has 0 aromatic carbocycles. The Bertz CT molecular complexity index is 720. The standard InChI is InChI=1S/C20H28N4O3/c1-5-15-13-17(25)24(14-15)16-7-6-8-21-18(16)22-9-11-23(12-10-22)19(26)27-20(2,3)4/h5-8,15H,1,9-14H2,2-4H3. The summed E-state index contributed by atoms with van der Waals surface area (Å²) in [5.41, 5.74) is 0.331. The summed E-state index contributed by atoms with van der Waals surface area (Å²) in [4.78, 5) is 34.9. The molecule has 2 aliphatic heterocycles. The number of piperazine rings is 1. The number of nitrogens with zero attached hydrogens (tertiary/aromatic N) is 4. The molecule has 2 fully saturated rings. The smallest absolute Gasteiger partial charge is 0.410 e. The summed E-state index contributed by atoms with van der Waals surface area (Å²) in [6, 6.07) is 3.79. The number of hydrogen-bond acceptors (Lipinski definition) is 5. The molecule has 1 aromatic rings. The highest BCUT2D eigenvalue weighted by molar-refractivity contribution is 5.98. The minimum atomic E-state index is -0.500. The van der Waals surface area contributed by atoms with Gasteiger partial charge in [0, 0.05) is 51.3 Å². The van der Waals surface area contributed by atoms with E-state index in [9.17, 15) is 9.59 Å². The van der Waals surface area contributed by atoms with Crippen molar-refractivity contribution in [1.82, 2.24) is 9.88 Å². The van der Waals surface area contributed by atoms with Crippen LogP contribution in [0.15, 0.2) is 31.0 Å². The third-order valence-electron chi connectivity index (χ3n) is 4.78. The molecule has 2 aliphatic rings. The first kappa shape index (κ1) is 19.2. The highest BCUT2D eigenvalue weighted by Gasteiger charge is 2.33. The molecule has 0 saturated carbocycles. The molecule has 146 valence electrons. The summed E-state index contributed by atoms with van der Waals surface area (Å²) in [6.07, 6.45) is 3.79. The van der Waals surface area contributed by atoms with Gasteiger partial charge < -0.3 is 19.4 Å². The molecule has 1 atom stereocenters. The van der Waals surface area contributed by atoms with Gasteiger partial charge in [-0.15, -0.1) is 6.58 Å². The van der Waals surface area contributed by atoms with Gasteiger partial charge in [-0.25, -0.2) is 9.78 Å². The van der Waals surface area contributed by atoms with E-state index in [0.717, 1.165) is 11.5 Å². The molecule has 2 amide bonds. The molecule has 27 heavy (non-hydrogen) atoms. The molecule has 1 aromatic heterocycles. The van der Waals surface area contributed by atoms with Gasteiger partial charge in [-0.05, 0) is 32.9 Å². The lowest BCUT2D eigenvalue weighted by Crippen LogP contribution is -2.50. The second kappa shape index (κ2) is 7.58. The fraction of sp³-hybridized carbons (Fsp3) is 0.550. The number of carbonyl (C=O) groups is 2. The maximum Gasteiger partial charge on any atom is 0.410 e. The number of carbonyl (C=O) groups excluding carboxylic acids is 2. The van der Waals surface area contributed by atoms with Crippen molar-refractivity contribution in [3.63, 3.8) is 0 Å². The average Bonchev–Trinajstić information content (AvgIpc) is 3.01. The van der Waals surface area contributed by atoms with Crippen LogP contribution in [0.2, 0.25) is 0 Å². The van der Waals surface area contributed by atoms with Crippen molar-refractivity contribution in [2.24, 2.45) is 5.92 Å². The van der Waals surface area contributed by atoms with Crippen LogP contribution in [-0.4, -0.2) is 60.2 Å². The lowest BCUT2D eigenvalue weighted by molar-refractivity contribution is -0.117. The Morgan fingerprint density at radius 1 is 1.30 bits per heavy atom. The Morgan fingerprint density at radius 3 is 2.59 bits per heavy atom. The van der Waals surface area contributed by atoms with E-state index in [1.54, 1.807) is 16.0 Å². The van der Waals surface area contributed by atoms with E-state index in [0.29, 0.717) is 39.1 Å². The predicted molar refractivity (Wildman–Crippen MR) is 105 cm³/mol. The lowest BCUT2D eigenvalue weighted by atomic mass is 10.1. The van der Waals surface area contributed by atoms with Gasteiger partial charge in [0.15, 0.2) is 5.82 Å². The largest absolute Gasteiger partial charge is 0.444 e. The fourth-order valence-corrected chi connectivity index (χ4v) is 3.40. The highest BCUT2D eigenvalue weighted by Crippen LogP contribution is 2.32. The van der Waals surface area contributed by atoms with Gasteiger partial charge >= 0.3 is 6.09 Å². The zero-order valence-electron chi connectivity index (χ0n) is 16.4. The molecule has 3 rings (SSSR count). The Kier molecular flexibility index (Phi) is 5.39. The van der Waals surface area contributed by atoms with Crippen molar-refractivity contribution in [2.75, 3.05) is 42.5 Å². The van der Waals surface area contributed by atoms with Crippen LogP contribution < -0.4 is 9.80 Å². The van der Waals surface area contributed by atoms with Crippen molar-refractivity contribution in [3.8, 4) is 0 Å². The van der Waals surface area contributed by atoms with E-state index >= 15 is 0 Å². The molecule has 7 nitrogen and oxygen atoms in total. The minimum absolute atomic E-state index is 0.0986. The molecule has 0 aliphatic carbocycles. The van der Waals surface area contributed by atoms with Crippen LogP contribution in [0, 0.1) is 5.92 Å². The van der Waals surface area contributed by atoms with Crippen molar-refractivity contribution >= 4 is 23.5 Å². The number of anilines is 2. The Labute approximate surface area is 160 Å². The van der Waals surface area contributed by atoms with E-state index in [-0.39, 0.29) is 17.9 Å². The van der Waals surface area contributed by atoms with Crippen LogP contribution in [0.5, 0.6) is 0 Å². The van der Waals surface area contributed by atoms with E-state index in [4.69, 9.17) is 4.74 Å². The fourth-order valence-electron chi connectivity index (χ4n) is 3.40. The molecular formula is C20H28N4O3. The van der Waals surface area contributed by atoms with Crippen molar-refractivity contribution in [1.29, 1.82) is 0 Å². The van der Waals surface area contributed by atoms with Crippen molar-refractivity contribution < 1.29 is 14.3 Å². The van der Waals surface area contributed by atoms with Crippen molar-refractivity contribution in [2.45, 2.75) is 32.8 Å². The van der Waals surface area contributed by atoms with E-state index in [1.165, 1.54) is 0 Å². The lowest BCUT2D eigenvalue weighted by Gasteiger charge is -2.37. The molecule has 0 radical (unpaired) electrons. The third kappa shape index (κ3) is 4.40. The van der Waals surface area contributed by atoms with Crippen LogP contribution in [0.25, 0.3) is 0 Å². The molecule has 1 unspecified atom stereocenters. The highest BCUT2D eigenvalue weighted by atomic mass is 16.6. The first-order valence-electron chi connectivity index (χ1n) is 9.39. The van der Waals surface area contributed by atoms with Crippen LogP contribution in [-0.2, 0) is 9.53 Å². The van der Waals surface area contributed by atoms with Crippen LogP contribution in [0.4, 0.5) is 16.3 Å². The number of ether oxygens (including phenoxy) is 1. The Morgan fingerprint density at radius 2 is 2.00 bits per heavy atom. The number of hydrogen-bond donors (Lipinski definition) is 0. The van der Waals surface area contributed by atoms with Gasteiger partial charge in [0.1, 0.15) is 5.60 Å². The predicted octanol–water partition coefficient (Wildman–Crippen LogP) is 2.68. The van der Waals surface area contributed by atoms with Crippen LogP contribution in [0.3, 0.4) is 0 Å². The van der Waals surface area contributed by atoms with Gasteiger partial charge in [0.25, 0.3) is 0 Å².